The van der Waals surface area contributed by atoms with Crippen molar-refractivity contribution in [1.82, 2.24) is 15.2 Å². The summed E-state index contributed by atoms with van der Waals surface area (Å²) >= 11 is 5.78. The molecule has 2 aromatic carbocycles. The maximum atomic E-state index is 12.1. The standard InChI is InChI=1S/C21H24ClN5O3/c1-16-2-4-17(5-3-16)14-25-8-10-26(11-9-25)15-21(28)24-23-13-18-6-7-19(22)20(12-18)27(29)30/h2-7,12-13H,8-11,14-15H2,1H3,(H,24,28). The van der Waals surface area contributed by atoms with E-state index in [0.29, 0.717) is 5.56 Å². The second-order valence-corrected chi connectivity index (χ2v) is 7.71. The van der Waals surface area contributed by atoms with E-state index in [1.165, 1.54) is 29.5 Å². The first-order valence-corrected chi connectivity index (χ1v) is 10.0. The van der Waals surface area contributed by atoms with Crippen LogP contribution in [0.4, 0.5) is 5.69 Å². The van der Waals surface area contributed by atoms with Gasteiger partial charge < -0.3 is 0 Å². The van der Waals surface area contributed by atoms with E-state index in [1.807, 2.05) is 0 Å². The van der Waals surface area contributed by atoms with E-state index in [4.69, 9.17) is 11.6 Å². The van der Waals surface area contributed by atoms with Crippen LogP contribution in [0.15, 0.2) is 47.6 Å². The molecule has 0 bridgehead atoms. The zero-order valence-corrected chi connectivity index (χ0v) is 17.5. The molecule has 1 aliphatic heterocycles. The first-order chi connectivity index (χ1) is 14.4. The van der Waals surface area contributed by atoms with E-state index in [9.17, 15) is 14.9 Å². The van der Waals surface area contributed by atoms with Crippen LogP contribution in [-0.2, 0) is 11.3 Å². The highest BCUT2D eigenvalue weighted by molar-refractivity contribution is 6.32. The van der Waals surface area contributed by atoms with Crippen LogP contribution in [0.5, 0.6) is 0 Å². The third kappa shape index (κ3) is 6.35. The lowest BCUT2D eigenvalue weighted by Crippen LogP contribution is -2.48. The minimum Gasteiger partial charge on any atom is -0.297 e. The van der Waals surface area contributed by atoms with Crippen molar-refractivity contribution >= 4 is 29.4 Å². The fraction of sp³-hybridized carbons (Fsp3) is 0.333. The lowest BCUT2D eigenvalue weighted by Gasteiger charge is -2.34. The Bertz CT molecular complexity index is 925. The summed E-state index contributed by atoms with van der Waals surface area (Å²) in [5.74, 6) is -0.221. The topological polar surface area (TPSA) is 91.1 Å². The molecule has 0 unspecified atom stereocenters. The third-order valence-electron chi connectivity index (χ3n) is 4.93. The molecule has 9 heteroatoms. The van der Waals surface area contributed by atoms with Gasteiger partial charge in [0.15, 0.2) is 0 Å². The normalized spacial score (nSPS) is 15.4. The number of hydrazone groups is 1. The number of hydrogen-bond donors (Lipinski definition) is 1. The molecule has 1 saturated heterocycles. The molecule has 30 heavy (non-hydrogen) atoms. The molecule has 1 N–H and O–H groups in total. The Kier molecular flexibility index (Phi) is 7.51. The second-order valence-electron chi connectivity index (χ2n) is 7.30. The Labute approximate surface area is 180 Å². The molecule has 0 atom stereocenters. The molecule has 0 aliphatic carbocycles. The van der Waals surface area contributed by atoms with Gasteiger partial charge in [-0.1, -0.05) is 47.5 Å². The van der Waals surface area contributed by atoms with Crippen LogP contribution in [0.3, 0.4) is 0 Å². The van der Waals surface area contributed by atoms with Gasteiger partial charge in [0, 0.05) is 44.4 Å². The molecule has 3 rings (SSSR count). The van der Waals surface area contributed by atoms with Crippen molar-refractivity contribution < 1.29 is 9.72 Å². The summed E-state index contributed by atoms with van der Waals surface area (Å²) in [6.45, 7) is 6.68. The number of benzene rings is 2. The van der Waals surface area contributed by atoms with E-state index >= 15 is 0 Å². The summed E-state index contributed by atoms with van der Waals surface area (Å²) in [5, 5.41) is 14.9. The number of carbonyl (C=O) groups is 1. The molecule has 158 valence electrons. The van der Waals surface area contributed by atoms with Gasteiger partial charge in [-0.05, 0) is 18.6 Å². The van der Waals surface area contributed by atoms with Crippen LogP contribution >= 0.6 is 11.6 Å². The van der Waals surface area contributed by atoms with Crippen LogP contribution in [-0.4, -0.2) is 59.6 Å². The van der Waals surface area contributed by atoms with Crippen LogP contribution in [0.2, 0.25) is 5.02 Å². The molecule has 1 heterocycles. The van der Waals surface area contributed by atoms with E-state index in [0.717, 1.165) is 32.7 Å². The van der Waals surface area contributed by atoms with Crippen LogP contribution in [0.1, 0.15) is 16.7 Å². The van der Waals surface area contributed by atoms with Crippen molar-refractivity contribution in [3.8, 4) is 0 Å². The average molecular weight is 430 g/mol. The van der Waals surface area contributed by atoms with Gasteiger partial charge in [0.05, 0.1) is 17.7 Å². The van der Waals surface area contributed by atoms with Gasteiger partial charge in [0.25, 0.3) is 11.6 Å². The molecule has 0 spiro atoms. The van der Waals surface area contributed by atoms with E-state index in [2.05, 4.69) is 51.5 Å². The zero-order chi connectivity index (χ0) is 21.5. The van der Waals surface area contributed by atoms with E-state index in [1.54, 1.807) is 6.07 Å². The summed E-state index contributed by atoms with van der Waals surface area (Å²) in [6.07, 6.45) is 1.36. The molecular formula is C21H24ClN5O3. The molecular weight excluding hydrogens is 406 g/mol. The molecule has 0 saturated carbocycles. The lowest BCUT2D eigenvalue weighted by molar-refractivity contribution is -0.384. The molecule has 0 aromatic heterocycles. The van der Waals surface area contributed by atoms with Crippen LogP contribution < -0.4 is 5.43 Å². The van der Waals surface area contributed by atoms with Gasteiger partial charge in [-0.2, -0.15) is 5.10 Å². The Morgan fingerprint density at radius 1 is 1.17 bits per heavy atom. The van der Waals surface area contributed by atoms with E-state index < -0.39 is 4.92 Å². The number of hydrogen-bond acceptors (Lipinski definition) is 6. The van der Waals surface area contributed by atoms with Crippen molar-refractivity contribution in [3.05, 3.63) is 74.3 Å². The Morgan fingerprint density at radius 2 is 1.83 bits per heavy atom. The van der Waals surface area contributed by atoms with Gasteiger partial charge >= 0.3 is 0 Å². The highest BCUT2D eigenvalue weighted by Gasteiger charge is 2.19. The lowest BCUT2D eigenvalue weighted by atomic mass is 10.1. The van der Waals surface area contributed by atoms with Crippen molar-refractivity contribution in [2.75, 3.05) is 32.7 Å². The number of nitro groups is 1. The number of carbonyl (C=O) groups excluding carboxylic acids is 1. The fourth-order valence-corrected chi connectivity index (χ4v) is 3.41. The third-order valence-corrected chi connectivity index (χ3v) is 5.25. The van der Waals surface area contributed by atoms with Gasteiger partial charge in [-0.25, -0.2) is 5.43 Å². The first kappa shape index (κ1) is 21.9. The molecule has 1 fully saturated rings. The highest BCUT2D eigenvalue weighted by atomic mass is 35.5. The summed E-state index contributed by atoms with van der Waals surface area (Å²) < 4.78 is 0. The van der Waals surface area contributed by atoms with Crippen LogP contribution in [0.25, 0.3) is 0 Å². The second kappa shape index (κ2) is 10.3. The maximum absolute atomic E-state index is 12.1. The number of nitrogens with zero attached hydrogens (tertiary/aromatic N) is 4. The number of aryl methyl sites for hydroxylation is 1. The van der Waals surface area contributed by atoms with Gasteiger partial charge in [-0.15, -0.1) is 0 Å². The number of nitrogens with one attached hydrogen (secondary N) is 1. The van der Waals surface area contributed by atoms with Crippen molar-refractivity contribution in [2.24, 2.45) is 5.10 Å². The molecule has 1 aliphatic rings. The van der Waals surface area contributed by atoms with Gasteiger partial charge in [-0.3, -0.25) is 24.7 Å². The SMILES string of the molecule is Cc1ccc(CN2CCN(CC(=O)NN=Cc3ccc(Cl)c([N+](=O)[O-])c3)CC2)cc1. The summed E-state index contributed by atoms with van der Waals surface area (Å²) in [6, 6.07) is 12.9. The average Bonchev–Trinajstić information content (AvgIpc) is 2.72. The maximum Gasteiger partial charge on any atom is 0.288 e. The Hall–Kier alpha value is -2.81. The summed E-state index contributed by atoms with van der Waals surface area (Å²) in [4.78, 5) is 26.9. The number of rotatable bonds is 7. The molecule has 1 amide bonds. The minimum atomic E-state index is -0.559. The van der Waals surface area contributed by atoms with Gasteiger partial charge in [0.2, 0.25) is 0 Å². The predicted octanol–water partition coefficient (Wildman–Crippen LogP) is 2.82. The monoisotopic (exact) mass is 429 g/mol. The summed E-state index contributed by atoms with van der Waals surface area (Å²) in [7, 11) is 0. The van der Waals surface area contributed by atoms with Crippen LogP contribution in [0, 0.1) is 17.0 Å². The predicted molar refractivity (Wildman–Crippen MR) is 117 cm³/mol. The van der Waals surface area contributed by atoms with E-state index in [-0.39, 0.29) is 23.2 Å². The molecule has 2 aromatic rings. The summed E-state index contributed by atoms with van der Waals surface area (Å²) in [5.41, 5.74) is 5.31. The van der Waals surface area contributed by atoms with Crippen molar-refractivity contribution in [1.29, 1.82) is 0 Å². The fourth-order valence-electron chi connectivity index (χ4n) is 3.22. The Morgan fingerprint density at radius 3 is 2.50 bits per heavy atom. The first-order valence-electron chi connectivity index (χ1n) is 9.67. The van der Waals surface area contributed by atoms with Gasteiger partial charge in [0.1, 0.15) is 5.02 Å². The molecule has 0 radical (unpaired) electrons. The minimum absolute atomic E-state index is 0.0581. The quantitative estimate of drug-likeness (QED) is 0.415. The number of amides is 1. The largest absolute Gasteiger partial charge is 0.297 e. The highest BCUT2D eigenvalue weighted by Crippen LogP contribution is 2.24. The zero-order valence-electron chi connectivity index (χ0n) is 16.8. The number of piperazine rings is 1. The number of nitro benzene ring substituents is 1. The molecule has 8 nitrogen and oxygen atoms in total. The number of halogens is 1. The van der Waals surface area contributed by atoms with Crippen molar-refractivity contribution in [2.45, 2.75) is 13.5 Å². The smallest absolute Gasteiger partial charge is 0.288 e. The van der Waals surface area contributed by atoms with Crippen molar-refractivity contribution in [3.63, 3.8) is 0 Å². The Balaban J connectivity index is 1.41.